The molecule has 0 N–H and O–H groups in total. The SMILES string of the molecule is O=S1(=O)c2ccccc2C(N2CCN(C(c3ccccc3)c3ccccc3)CC2)C1c1ccccc1. The van der Waals surface area contributed by atoms with Crippen molar-refractivity contribution in [2.75, 3.05) is 26.2 Å². The Morgan fingerprint density at radius 2 is 1.11 bits per heavy atom. The van der Waals surface area contributed by atoms with E-state index in [-0.39, 0.29) is 12.1 Å². The lowest BCUT2D eigenvalue weighted by molar-refractivity contribution is 0.0772. The summed E-state index contributed by atoms with van der Waals surface area (Å²) in [6.45, 7) is 3.37. The molecule has 0 radical (unpaired) electrons. The van der Waals surface area contributed by atoms with Crippen LogP contribution in [0.2, 0.25) is 0 Å². The maximum atomic E-state index is 13.7. The number of hydrogen-bond acceptors (Lipinski definition) is 4. The minimum absolute atomic E-state index is 0.178. The van der Waals surface area contributed by atoms with Crippen molar-refractivity contribution in [1.82, 2.24) is 9.80 Å². The molecule has 4 nitrogen and oxygen atoms in total. The van der Waals surface area contributed by atoms with E-state index in [9.17, 15) is 8.42 Å². The number of sulfone groups is 1. The van der Waals surface area contributed by atoms with E-state index in [1.54, 1.807) is 6.07 Å². The van der Waals surface area contributed by atoms with Gasteiger partial charge in [-0.05, 0) is 28.3 Å². The number of piperazine rings is 1. The number of nitrogens with zero attached hydrogens (tertiary/aromatic N) is 2. The Morgan fingerprint density at radius 1 is 0.611 bits per heavy atom. The highest BCUT2D eigenvalue weighted by Crippen LogP contribution is 2.51. The molecule has 0 bridgehead atoms. The van der Waals surface area contributed by atoms with Crippen LogP contribution in [0.4, 0.5) is 0 Å². The van der Waals surface area contributed by atoms with Crippen LogP contribution in [-0.2, 0) is 9.84 Å². The largest absolute Gasteiger partial charge is 0.292 e. The summed E-state index contributed by atoms with van der Waals surface area (Å²) in [4.78, 5) is 5.41. The highest BCUT2D eigenvalue weighted by molar-refractivity contribution is 7.92. The van der Waals surface area contributed by atoms with E-state index in [1.165, 1.54) is 11.1 Å². The molecule has 0 amide bonds. The molecule has 5 heteroatoms. The molecule has 1 fully saturated rings. The third-order valence-electron chi connectivity index (χ3n) is 7.63. The molecule has 2 aliphatic heterocycles. The molecule has 2 atom stereocenters. The van der Waals surface area contributed by atoms with Crippen LogP contribution in [0.15, 0.2) is 120 Å². The number of hydrogen-bond donors (Lipinski definition) is 0. The van der Waals surface area contributed by atoms with Crippen LogP contribution >= 0.6 is 0 Å². The minimum atomic E-state index is -3.47. The van der Waals surface area contributed by atoms with Crippen molar-refractivity contribution in [2.24, 2.45) is 0 Å². The molecule has 182 valence electrons. The molecule has 4 aromatic carbocycles. The first-order chi connectivity index (χ1) is 17.6. The van der Waals surface area contributed by atoms with Gasteiger partial charge in [0.2, 0.25) is 0 Å². The van der Waals surface area contributed by atoms with E-state index < -0.39 is 15.1 Å². The van der Waals surface area contributed by atoms with Gasteiger partial charge in [-0.1, -0.05) is 109 Å². The molecule has 2 aliphatic rings. The Labute approximate surface area is 213 Å². The molecule has 4 aromatic rings. The molecule has 0 spiro atoms. The van der Waals surface area contributed by atoms with Crippen LogP contribution in [-0.4, -0.2) is 44.4 Å². The summed E-state index contributed by atoms with van der Waals surface area (Å²) < 4.78 is 27.5. The zero-order chi connectivity index (χ0) is 24.5. The molecule has 2 unspecified atom stereocenters. The average molecular weight is 495 g/mol. The molecule has 36 heavy (non-hydrogen) atoms. The smallest absolute Gasteiger partial charge is 0.187 e. The molecule has 0 saturated carbocycles. The second-order valence-corrected chi connectivity index (χ2v) is 11.7. The lowest BCUT2D eigenvalue weighted by Crippen LogP contribution is -2.49. The molecular formula is C31H30N2O2S. The van der Waals surface area contributed by atoms with Crippen molar-refractivity contribution in [3.05, 3.63) is 138 Å². The highest BCUT2D eigenvalue weighted by Gasteiger charge is 2.48. The quantitative estimate of drug-likeness (QED) is 0.359. The van der Waals surface area contributed by atoms with Crippen molar-refractivity contribution < 1.29 is 8.42 Å². The van der Waals surface area contributed by atoms with Crippen LogP contribution in [0, 0.1) is 0 Å². The van der Waals surface area contributed by atoms with E-state index in [4.69, 9.17) is 0 Å². The summed E-state index contributed by atoms with van der Waals surface area (Å²) >= 11 is 0. The van der Waals surface area contributed by atoms with E-state index in [2.05, 4.69) is 70.5 Å². The van der Waals surface area contributed by atoms with Gasteiger partial charge in [-0.25, -0.2) is 8.42 Å². The summed E-state index contributed by atoms with van der Waals surface area (Å²) in [6.07, 6.45) is 0. The van der Waals surface area contributed by atoms with Crippen molar-refractivity contribution >= 4 is 9.84 Å². The summed E-state index contributed by atoms with van der Waals surface area (Å²) in [5.41, 5.74) is 4.37. The minimum Gasteiger partial charge on any atom is -0.292 e. The van der Waals surface area contributed by atoms with E-state index in [0.717, 1.165) is 37.3 Å². The lowest BCUT2D eigenvalue weighted by Gasteiger charge is -2.43. The van der Waals surface area contributed by atoms with E-state index in [1.807, 2.05) is 48.5 Å². The van der Waals surface area contributed by atoms with Gasteiger partial charge < -0.3 is 0 Å². The third-order valence-corrected chi connectivity index (χ3v) is 9.81. The molecular weight excluding hydrogens is 464 g/mol. The van der Waals surface area contributed by atoms with Gasteiger partial charge in [0.1, 0.15) is 5.25 Å². The van der Waals surface area contributed by atoms with Gasteiger partial charge in [-0.3, -0.25) is 9.80 Å². The van der Waals surface area contributed by atoms with Crippen LogP contribution in [0.25, 0.3) is 0 Å². The van der Waals surface area contributed by atoms with Crippen LogP contribution in [0.5, 0.6) is 0 Å². The number of benzene rings is 4. The second kappa shape index (κ2) is 9.66. The Bertz CT molecular complexity index is 1380. The summed E-state index contributed by atoms with van der Waals surface area (Å²) in [5, 5.41) is -0.582. The monoisotopic (exact) mass is 494 g/mol. The summed E-state index contributed by atoms with van der Waals surface area (Å²) in [6, 6.07) is 38.7. The van der Waals surface area contributed by atoms with Crippen molar-refractivity contribution in [2.45, 2.75) is 22.2 Å². The van der Waals surface area contributed by atoms with E-state index >= 15 is 0 Å². The normalized spacial score (nSPS) is 21.9. The third kappa shape index (κ3) is 4.07. The van der Waals surface area contributed by atoms with Gasteiger partial charge in [0.05, 0.1) is 17.0 Å². The van der Waals surface area contributed by atoms with Gasteiger partial charge in [-0.2, -0.15) is 0 Å². The molecule has 0 aromatic heterocycles. The maximum Gasteiger partial charge on any atom is 0.187 e. The van der Waals surface area contributed by atoms with Crippen LogP contribution in [0.1, 0.15) is 39.6 Å². The van der Waals surface area contributed by atoms with Gasteiger partial charge in [0.15, 0.2) is 9.84 Å². The number of rotatable bonds is 5. The van der Waals surface area contributed by atoms with Crippen LogP contribution < -0.4 is 0 Å². The lowest BCUT2D eigenvalue weighted by atomic mass is 9.94. The van der Waals surface area contributed by atoms with Crippen LogP contribution in [0.3, 0.4) is 0 Å². The fourth-order valence-electron chi connectivity index (χ4n) is 6.00. The molecule has 1 saturated heterocycles. The first-order valence-electron chi connectivity index (χ1n) is 12.6. The Hall–Kier alpha value is -3.25. The molecule has 2 heterocycles. The fraction of sp³-hybridized carbons (Fsp3) is 0.226. The van der Waals surface area contributed by atoms with Crippen molar-refractivity contribution in [3.63, 3.8) is 0 Å². The topological polar surface area (TPSA) is 40.6 Å². The highest BCUT2D eigenvalue weighted by atomic mass is 32.2. The van der Waals surface area contributed by atoms with Gasteiger partial charge >= 0.3 is 0 Å². The fourth-order valence-corrected chi connectivity index (χ4v) is 8.24. The summed E-state index contributed by atoms with van der Waals surface area (Å²) in [7, 11) is -3.47. The first-order valence-corrected chi connectivity index (χ1v) is 14.1. The first kappa shape index (κ1) is 23.2. The zero-order valence-electron chi connectivity index (χ0n) is 20.1. The average Bonchev–Trinajstić information content (AvgIpc) is 3.18. The zero-order valence-corrected chi connectivity index (χ0v) is 21.0. The predicted octanol–water partition coefficient (Wildman–Crippen LogP) is 5.66. The molecule has 0 aliphatic carbocycles. The van der Waals surface area contributed by atoms with Crippen molar-refractivity contribution in [3.8, 4) is 0 Å². The standard InChI is InChI=1S/C31H30N2O2S/c34-36(35)28-19-11-10-18-27(28)30(31(36)26-16-8-3-9-17-26)33-22-20-32(21-23-33)29(24-12-4-1-5-13-24)25-14-6-2-7-15-25/h1-19,29-31H,20-23H2. The predicted molar refractivity (Wildman–Crippen MR) is 143 cm³/mol. The van der Waals surface area contributed by atoms with Gasteiger partial charge in [-0.15, -0.1) is 0 Å². The van der Waals surface area contributed by atoms with Gasteiger partial charge in [0, 0.05) is 26.2 Å². The summed E-state index contributed by atoms with van der Waals surface area (Å²) in [5.74, 6) is 0. The Morgan fingerprint density at radius 3 is 1.69 bits per heavy atom. The van der Waals surface area contributed by atoms with Crippen molar-refractivity contribution in [1.29, 1.82) is 0 Å². The second-order valence-electron chi connectivity index (χ2n) is 9.65. The molecule has 6 rings (SSSR count). The Balaban J connectivity index is 1.32. The maximum absolute atomic E-state index is 13.7. The Kier molecular flexibility index (Phi) is 6.22. The van der Waals surface area contributed by atoms with E-state index in [0.29, 0.717) is 4.90 Å². The number of fused-ring (bicyclic) bond motifs is 1. The van der Waals surface area contributed by atoms with Gasteiger partial charge in [0.25, 0.3) is 0 Å².